The maximum atomic E-state index is 12.3. The van der Waals surface area contributed by atoms with Crippen LogP contribution in [-0.4, -0.2) is 33.9 Å². The molecule has 0 spiro atoms. The van der Waals surface area contributed by atoms with Crippen molar-refractivity contribution in [1.29, 1.82) is 0 Å². The molecule has 2 aromatic heterocycles. The second-order valence-corrected chi connectivity index (χ2v) is 5.86. The molecule has 4 nitrogen and oxygen atoms in total. The first-order valence-electron chi connectivity index (χ1n) is 6.16. The van der Waals surface area contributed by atoms with Crippen LogP contribution in [0, 0.1) is 6.92 Å². The molecule has 0 aliphatic heterocycles. The van der Waals surface area contributed by atoms with E-state index >= 15 is 0 Å². The van der Waals surface area contributed by atoms with Crippen LogP contribution in [0.2, 0.25) is 0 Å². The van der Waals surface area contributed by atoms with Crippen molar-refractivity contribution < 1.29 is 4.79 Å². The van der Waals surface area contributed by atoms with E-state index < -0.39 is 0 Å². The third-order valence-corrected chi connectivity index (χ3v) is 4.04. The fourth-order valence-corrected chi connectivity index (χ4v) is 2.65. The number of hydrogen-bond donors (Lipinski definition) is 0. The van der Waals surface area contributed by atoms with Gasteiger partial charge >= 0.3 is 0 Å². The number of thiophene rings is 1. The summed E-state index contributed by atoms with van der Waals surface area (Å²) in [6.45, 7) is 4.03. The minimum Gasteiger partial charge on any atom is -0.338 e. The predicted octanol–water partition coefficient (Wildman–Crippen LogP) is 2.55. The summed E-state index contributed by atoms with van der Waals surface area (Å²) in [6.07, 6.45) is 5.77. The van der Waals surface area contributed by atoms with Gasteiger partial charge in [-0.15, -0.1) is 11.3 Å². The first-order chi connectivity index (χ1) is 9.08. The fraction of sp³-hybridized carbons (Fsp3) is 0.357. The number of hydrogen-bond acceptors (Lipinski definition) is 4. The molecule has 100 valence electrons. The Labute approximate surface area is 117 Å². The number of likely N-dealkylation sites (N-methyl/N-ethyl adjacent to an activating group) is 1. The van der Waals surface area contributed by atoms with Gasteiger partial charge in [0.15, 0.2) is 0 Å². The smallest absolute Gasteiger partial charge is 0.263 e. The van der Waals surface area contributed by atoms with E-state index in [1.54, 1.807) is 23.5 Å². The number of aromatic nitrogens is 2. The normalized spacial score (nSPS) is 12.2. The Bertz CT molecular complexity index is 553. The Morgan fingerprint density at radius 2 is 2.21 bits per heavy atom. The molecule has 0 aliphatic carbocycles. The second kappa shape index (κ2) is 5.93. The van der Waals surface area contributed by atoms with Crippen molar-refractivity contribution >= 4 is 17.2 Å². The van der Waals surface area contributed by atoms with Gasteiger partial charge < -0.3 is 4.90 Å². The lowest BCUT2D eigenvalue weighted by Gasteiger charge is -2.24. The van der Waals surface area contributed by atoms with Gasteiger partial charge in [-0.2, -0.15) is 0 Å². The number of carbonyl (C=O) groups is 1. The van der Waals surface area contributed by atoms with Gasteiger partial charge in [-0.1, -0.05) is 0 Å². The molecule has 0 aliphatic rings. The van der Waals surface area contributed by atoms with Gasteiger partial charge in [-0.05, 0) is 26.0 Å². The number of aryl methyl sites for hydroxylation is 1. The summed E-state index contributed by atoms with van der Waals surface area (Å²) in [5, 5.41) is 0. The highest BCUT2D eigenvalue weighted by Crippen LogP contribution is 2.18. The van der Waals surface area contributed by atoms with Crippen LogP contribution in [0.5, 0.6) is 0 Å². The average molecular weight is 275 g/mol. The molecule has 2 heterocycles. The van der Waals surface area contributed by atoms with E-state index in [0.717, 1.165) is 15.4 Å². The molecule has 0 bridgehead atoms. The van der Waals surface area contributed by atoms with Crippen molar-refractivity contribution in [1.82, 2.24) is 14.9 Å². The monoisotopic (exact) mass is 275 g/mol. The highest BCUT2D eigenvalue weighted by atomic mass is 32.1. The lowest BCUT2D eigenvalue weighted by molar-refractivity contribution is 0.0747. The van der Waals surface area contributed by atoms with Gasteiger partial charge in [0.2, 0.25) is 0 Å². The van der Waals surface area contributed by atoms with Crippen molar-refractivity contribution in [3.05, 3.63) is 46.2 Å². The summed E-state index contributed by atoms with van der Waals surface area (Å²) in [4.78, 5) is 24.3. The summed E-state index contributed by atoms with van der Waals surface area (Å²) in [6, 6.07) is 3.94. The van der Waals surface area contributed by atoms with Crippen LogP contribution in [0.1, 0.15) is 27.2 Å². The molecule has 1 atom stereocenters. The van der Waals surface area contributed by atoms with Crippen molar-refractivity contribution in [3.63, 3.8) is 0 Å². The molecule has 19 heavy (non-hydrogen) atoms. The van der Waals surface area contributed by atoms with Crippen LogP contribution >= 0.6 is 11.3 Å². The fourth-order valence-electron chi connectivity index (χ4n) is 1.80. The third kappa shape index (κ3) is 3.38. The lowest BCUT2D eigenvalue weighted by atomic mass is 10.1. The van der Waals surface area contributed by atoms with Crippen molar-refractivity contribution in [3.8, 4) is 0 Å². The summed E-state index contributed by atoms with van der Waals surface area (Å²) in [5.41, 5.74) is 0.900. The maximum Gasteiger partial charge on any atom is 0.263 e. The van der Waals surface area contributed by atoms with Gasteiger partial charge in [0.25, 0.3) is 5.91 Å². The van der Waals surface area contributed by atoms with E-state index in [9.17, 15) is 4.79 Å². The maximum absolute atomic E-state index is 12.3. The molecule has 0 saturated heterocycles. The molecule has 5 heteroatoms. The number of carbonyl (C=O) groups excluding carboxylic acids is 1. The van der Waals surface area contributed by atoms with E-state index in [4.69, 9.17) is 0 Å². The summed E-state index contributed by atoms with van der Waals surface area (Å²) >= 11 is 1.53. The summed E-state index contributed by atoms with van der Waals surface area (Å²) in [7, 11) is 1.83. The van der Waals surface area contributed by atoms with E-state index in [1.165, 1.54) is 11.3 Å². The Kier molecular flexibility index (Phi) is 4.27. The van der Waals surface area contributed by atoms with Gasteiger partial charge in [0.1, 0.15) is 0 Å². The summed E-state index contributed by atoms with van der Waals surface area (Å²) < 4.78 is 0. The SMILES string of the molecule is Cc1ccc(C(=O)N(C)[C@@H](C)Cc2cnccn2)s1. The van der Waals surface area contributed by atoms with Gasteiger partial charge in [0, 0.05) is 43.0 Å². The van der Waals surface area contributed by atoms with Crippen LogP contribution in [0.4, 0.5) is 0 Å². The topological polar surface area (TPSA) is 46.1 Å². The van der Waals surface area contributed by atoms with E-state index in [0.29, 0.717) is 6.42 Å². The molecule has 0 aromatic carbocycles. The first-order valence-corrected chi connectivity index (χ1v) is 6.98. The van der Waals surface area contributed by atoms with Crippen molar-refractivity contribution in [2.45, 2.75) is 26.3 Å². The lowest BCUT2D eigenvalue weighted by Crippen LogP contribution is -2.36. The Morgan fingerprint density at radius 1 is 1.42 bits per heavy atom. The zero-order chi connectivity index (χ0) is 13.8. The largest absolute Gasteiger partial charge is 0.338 e. The van der Waals surface area contributed by atoms with Gasteiger partial charge in [-0.3, -0.25) is 14.8 Å². The summed E-state index contributed by atoms with van der Waals surface area (Å²) in [5.74, 6) is 0.0643. The minimum atomic E-state index is 0.0643. The molecule has 0 N–H and O–H groups in total. The molecule has 0 unspecified atom stereocenters. The highest BCUT2D eigenvalue weighted by molar-refractivity contribution is 7.13. The molecule has 1 amide bonds. The highest BCUT2D eigenvalue weighted by Gasteiger charge is 2.19. The molecular weight excluding hydrogens is 258 g/mol. The third-order valence-electron chi connectivity index (χ3n) is 3.05. The van der Waals surface area contributed by atoms with E-state index in [1.807, 2.05) is 33.0 Å². The molecule has 0 fully saturated rings. The van der Waals surface area contributed by atoms with Crippen molar-refractivity contribution in [2.24, 2.45) is 0 Å². The Balaban J connectivity index is 2.03. The zero-order valence-electron chi connectivity index (χ0n) is 11.3. The van der Waals surface area contributed by atoms with Crippen LogP contribution in [0.3, 0.4) is 0 Å². The Hall–Kier alpha value is -1.75. The predicted molar refractivity (Wildman–Crippen MR) is 76.3 cm³/mol. The number of nitrogens with zero attached hydrogens (tertiary/aromatic N) is 3. The molecular formula is C14H17N3OS. The molecule has 0 saturated carbocycles. The molecule has 2 rings (SSSR count). The Morgan fingerprint density at radius 3 is 2.79 bits per heavy atom. The number of rotatable bonds is 4. The molecule has 2 aromatic rings. The van der Waals surface area contributed by atoms with E-state index in [-0.39, 0.29) is 11.9 Å². The van der Waals surface area contributed by atoms with Crippen LogP contribution < -0.4 is 0 Å². The number of amides is 1. The van der Waals surface area contributed by atoms with Gasteiger partial charge in [-0.25, -0.2) is 0 Å². The van der Waals surface area contributed by atoms with Crippen LogP contribution in [0.25, 0.3) is 0 Å². The standard InChI is InChI=1S/C14H17N3OS/c1-10(8-12-9-15-6-7-16-12)17(3)14(18)13-5-4-11(2)19-13/h4-7,9-10H,8H2,1-3H3/t10-/m0/s1. The quantitative estimate of drug-likeness (QED) is 0.861. The average Bonchev–Trinajstić information content (AvgIpc) is 2.85. The molecule has 0 radical (unpaired) electrons. The van der Waals surface area contributed by atoms with Crippen molar-refractivity contribution in [2.75, 3.05) is 7.05 Å². The van der Waals surface area contributed by atoms with Crippen LogP contribution in [-0.2, 0) is 6.42 Å². The second-order valence-electron chi connectivity index (χ2n) is 4.58. The first kappa shape index (κ1) is 13.7. The van der Waals surface area contributed by atoms with Gasteiger partial charge in [0.05, 0.1) is 10.6 Å². The zero-order valence-corrected chi connectivity index (χ0v) is 12.1. The minimum absolute atomic E-state index is 0.0643. The van der Waals surface area contributed by atoms with E-state index in [2.05, 4.69) is 9.97 Å². The van der Waals surface area contributed by atoms with Crippen LogP contribution in [0.15, 0.2) is 30.7 Å².